The van der Waals surface area contributed by atoms with Crippen molar-refractivity contribution in [1.29, 1.82) is 0 Å². The third kappa shape index (κ3) is 3.19. The van der Waals surface area contributed by atoms with Crippen LogP contribution in [0, 0.1) is 5.41 Å². The Labute approximate surface area is 183 Å². The molecule has 1 spiro atoms. The molecule has 2 unspecified atom stereocenters. The van der Waals surface area contributed by atoms with Gasteiger partial charge in [0.1, 0.15) is 0 Å². The Morgan fingerprint density at radius 2 is 1.72 bits per heavy atom. The summed E-state index contributed by atoms with van der Waals surface area (Å²) in [7, 11) is 0. The Kier molecular flexibility index (Phi) is 5.43. The van der Waals surface area contributed by atoms with Crippen molar-refractivity contribution in [3.8, 4) is 0 Å². The van der Waals surface area contributed by atoms with E-state index in [-0.39, 0.29) is 11.0 Å². The van der Waals surface area contributed by atoms with Crippen LogP contribution in [0.1, 0.15) is 96.6 Å². The van der Waals surface area contributed by atoms with Crippen LogP contribution in [-0.2, 0) is 0 Å². The number of halogens is 1. The molecule has 3 aliphatic rings. The van der Waals surface area contributed by atoms with E-state index < -0.39 is 0 Å². The Morgan fingerprint density at radius 1 is 1.07 bits per heavy atom. The number of hydrogen-bond donors (Lipinski definition) is 0. The first-order valence-corrected chi connectivity index (χ1v) is 12.1. The number of allylic oxidation sites excluding steroid dienone is 3. The normalized spacial score (nSPS) is 28.3. The molecule has 2 aliphatic carbocycles. The SMILES string of the molecule is CC(C)c1cccc(C(C)C)c1N1C(CCl)C2(CCC3=C2CCC=C3)CC1(C)C. The fourth-order valence-electron chi connectivity index (χ4n) is 6.70. The van der Waals surface area contributed by atoms with Crippen molar-refractivity contribution in [2.75, 3.05) is 10.8 Å². The van der Waals surface area contributed by atoms with Crippen LogP contribution in [-0.4, -0.2) is 17.5 Å². The molecular formula is C27H38ClN. The van der Waals surface area contributed by atoms with Gasteiger partial charge in [0, 0.05) is 22.5 Å². The Balaban J connectivity index is 1.92. The summed E-state index contributed by atoms with van der Waals surface area (Å²) in [4.78, 5) is 2.78. The van der Waals surface area contributed by atoms with E-state index in [2.05, 4.69) is 76.8 Å². The minimum atomic E-state index is 0.0950. The predicted molar refractivity (Wildman–Crippen MR) is 127 cm³/mol. The van der Waals surface area contributed by atoms with Gasteiger partial charge in [0.2, 0.25) is 0 Å². The predicted octanol–water partition coefficient (Wildman–Crippen LogP) is 7.96. The van der Waals surface area contributed by atoms with Gasteiger partial charge in [-0.3, -0.25) is 0 Å². The molecule has 1 saturated heterocycles. The summed E-state index contributed by atoms with van der Waals surface area (Å²) in [6.45, 7) is 14.2. The molecule has 2 atom stereocenters. The van der Waals surface area contributed by atoms with Gasteiger partial charge >= 0.3 is 0 Å². The molecule has 1 aliphatic heterocycles. The molecule has 0 saturated carbocycles. The first-order chi connectivity index (χ1) is 13.7. The molecule has 0 amide bonds. The molecule has 158 valence electrons. The van der Waals surface area contributed by atoms with E-state index in [4.69, 9.17) is 11.6 Å². The standard InChI is InChI=1S/C27H38ClN/c1-18(2)21-11-9-12-22(19(3)4)25(21)29-24(16-28)27(17-26(29,5)6)15-14-20-10-7-8-13-23(20)27/h7,9-12,18-19,24H,8,13-17H2,1-6H3. The highest BCUT2D eigenvalue weighted by Crippen LogP contribution is 2.62. The third-order valence-electron chi connectivity index (χ3n) is 7.79. The number of benzene rings is 1. The molecule has 1 fully saturated rings. The van der Waals surface area contributed by atoms with Crippen molar-refractivity contribution >= 4 is 17.3 Å². The fraction of sp³-hybridized carbons (Fsp3) is 0.630. The van der Waals surface area contributed by atoms with E-state index in [1.807, 2.05) is 0 Å². The first-order valence-electron chi connectivity index (χ1n) is 11.6. The molecule has 1 nitrogen and oxygen atoms in total. The van der Waals surface area contributed by atoms with Gasteiger partial charge in [-0.2, -0.15) is 0 Å². The average Bonchev–Trinajstić information content (AvgIpc) is 3.15. The summed E-state index contributed by atoms with van der Waals surface area (Å²) < 4.78 is 0. The molecule has 4 rings (SSSR count). The lowest BCUT2D eigenvalue weighted by molar-refractivity contribution is 0.310. The van der Waals surface area contributed by atoms with Crippen LogP contribution in [0.15, 0.2) is 41.5 Å². The Hall–Kier alpha value is -1.21. The number of fused-ring (bicyclic) bond motifs is 1. The van der Waals surface area contributed by atoms with E-state index in [0.717, 1.165) is 0 Å². The van der Waals surface area contributed by atoms with Crippen molar-refractivity contribution in [1.82, 2.24) is 0 Å². The van der Waals surface area contributed by atoms with Gasteiger partial charge in [-0.05, 0) is 74.5 Å². The molecule has 29 heavy (non-hydrogen) atoms. The number of anilines is 1. The van der Waals surface area contributed by atoms with Crippen LogP contribution in [0.25, 0.3) is 0 Å². The van der Waals surface area contributed by atoms with E-state index >= 15 is 0 Å². The molecule has 1 aromatic carbocycles. The summed E-state index contributed by atoms with van der Waals surface area (Å²) in [5, 5.41) is 0. The van der Waals surface area contributed by atoms with Crippen molar-refractivity contribution in [3.05, 3.63) is 52.6 Å². The van der Waals surface area contributed by atoms with Gasteiger partial charge in [-0.15, -0.1) is 11.6 Å². The van der Waals surface area contributed by atoms with Gasteiger partial charge in [-0.25, -0.2) is 0 Å². The highest BCUT2D eigenvalue weighted by Gasteiger charge is 2.59. The van der Waals surface area contributed by atoms with Crippen LogP contribution in [0.3, 0.4) is 0 Å². The monoisotopic (exact) mass is 411 g/mol. The maximum Gasteiger partial charge on any atom is 0.0525 e. The van der Waals surface area contributed by atoms with E-state index in [0.29, 0.717) is 23.8 Å². The maximum absolute atomic E-state index is 6.86. The number of hydrogen-bond acceptors (Lipinski definition) is 1. The molecule has 0 radical (unpaired) electrons. The zero-order valence-electron chi connectivity index (χ0n) is 19.2. The highest BCUT2D eigenvalue weighted by molar-refractivity contribution is 6.18. The topological polar surface area (TPSA) is 3.24 Å². The molecular weight excluding hydrogens is 374 g/mol. The number of rotatable bonds is 4. The second kappa shape index (κ2) is 7.49. The van der Waals surface area contributed by atoms with Crippen molar-refractivity contribution < 1.29 is 0 Å². The molecule has 0 N–H and O–H groups in total. The number of para-hydroxylation sites is 1. The third-order valence-corrected chi connectivity index (χ3v) is 8.08. The van der Waals surface area contributed by atoms with Gasteiger partial charge in [0.05, 0.1) is 6.04 Å². The molecule has 1 aromatic rings. The zero-order chi connectivity index (χ0) is 21.0. The summed E-state index contributed by atoms with van der Waals surface area (Å²) in [6, 6.07) is 7.32. The van der Waals surface area contributed by atoms with Crippen LogP contribution >= 0.6 is 11.6 Å². The van der Waals surface area contributed by atoms with Crippen molar-refractivity contribution in [2.45, 2.75) is 97.1 Å². The lowest BCUT2D eigenvalue weighted by atomic mass is 9.70. The van der Waals surface area contributed by atoms with Crippen molar-refractivity contribution in [3.63, 3.8) is 0 Å². The van der Waals surface area contributed by atoms with Gasteiger partial charge < -0.3 is 4.90 Å². The molecule has 2 heteroatoms. The van der Waals surface area contributed by atoms with Crippen LogP contribution < -0.4 is 4.90 Å². The van der Waals surface area contributed by atoms with Gasteiger partial charge in [-0.1, -0.05) is 63.6 Å². The molecule has 0 bridgehead atoms. The van der Waals surface area contributed by atoms with Gasteiger partial charge in [0.25, 0.3) is 0 Å². The largest absolute Gasteiger partial charge is 0.361 e. The smallest absolute Gasteiger partial charge is 0.0525 e. The second-order valence-corrected chi connectivity index (χ2v) is 11.0. The summed E-state index contributed by atoms with van der Waals surface area (Å²) >= 11 is 6.86. The second-order valence-electron chi connectivity index (χ2n) is 10.7. The van der Waals surface area contributed by atoms with E-state index in [1.165, 1.54) is 48.9 Å². The van der Waals surface area contributed by atoms with E-state index in [1.54, 1.807) is 11.1 Å². The van der Waals surface area contributed by atoms with E-state index in [9.17, 15) is 0 Å². The lowest BCUT2D eigenvalue weighted by Crippen LogP contribution is -2.47. The van der Waals surface area contributed by atoms with Crippen LogP contribution in [0.5, 0.6) is 0 Å². The van der Waals surface area contributed by atoms with Crippen molar-refractivity contribution in [2.24, 2.45) is 5.41 Å². The summed E-state index contributed by atoms with van der Waals surface area (Å²) in [5.74, 6) is 1.71. The minimum absolute atomic E-state index is 0.0950. The Morgan fingerprint density at radius 3 is 2.31 bits per heavy atom. The Bertz CT molecular complexity index is 818. The number of nitrogens with zero attached hydrogens (tertiary/aromatic N) is 1. The minimum Gasteiger partial charge on any atom is -0.361 e. The summed E-state index contributed by atoms with van der Waals surface area (Å²) in [6.07, 6.45) is 10.9. The maximum atomic E-state index is 6.86. The quantitative estimate of drug-likeness (QED) is 0.454. The summed E-state index contributed by atoms with van der Waals surface area (Å²) in [5.41, 5.74) is 8.12. The van der Waals surface area contributed by atoms with Crippen LogP contribution in [0.2, 0.25) is 0 Å². The zero-order valence-corrected chi connectivity index (χ0v) is 19.9. The molecule has 0 aromatic heterocycles. The lowest BCUT2D eigenvalue weighted by Gasteiger charge is -2.43. The van der Waals surface area contributed by atoms with Gasteiger partial charge in [0.15, 0.2) is 0 Å². The first kappa shape index (κ1) is 21.0. The molecule has 1 heterocycles. The van der Waals surface area contributed by atoms with Crippen LogP contribution in [0.4, 0.5) is 5.69 Å². The fourth-order valence-corrected chi connectivity index (χ4v) is 7.13. The highest BCUT2D eigenvalue weighted by atomic mass is 35.5. The average molecular weight is 412 g/mol. The number of alkyl halides is 1.